The van der Waals surface area contributed by atoms with E-state index >= 15 is 0 Å². The number of nitrogens with two attached hydrogens (primary N) is 1. The van der Waals surface area contributed by atoms with Crippen LogP contribution in [0.4, 0.5) is 0 Å². The Bertz CT molecular complexity index is 94.9. The van der Waals surface area contributed by atoms with E-state index < -0.39 is 9.83 Å². The number of nitrogens with zero attached hydrogens (tertiary/aromatic N) is 1. The number of rotatable bonds is 0. The highest BCUT2D eigenvalue weighted by Crippen LogP contribution is 2.29. The van der Waals surface area contributed by atoms with Crippen LogP contribution >= 0.6 is 22.9 Å². The molecule has 0 aromatic rings. The Morgan fingerprint density at radius 2 is 2.57 bits per heavy atom. The van der Waals surface area contributed by atoms with Gasteiger partial charge >= 0.3 is 0 Å². The molecule has 0 aromatic carbocycles. The van der Waals surface area contributed by atoms with Crippen LogP contribution in [-0.4, -0.2) is 13.1 Å². The largest absolute Gasteiger partial charge is 0.248 e. The molecule has 7 heavy (non-hydrogen) atoms. The van der Waals surface area contributed by atoms with E-state index in [1.165, 1.54) is 26.7 Å². The second-order valence-electron chi connectivity index (χ2n) is 0.911. The summed E-state index contributed by atoms with van der Waals surface area (Å²) in [5, 5.41) is 0.626. The third-order valence-electron chi connectivity index (χ3n) is 0.433. The Labute approximate surface area is 52.1 Å². The van der Waals surface area contributed by atoms with E-state index in [0.717, 1.165) is 0 Å². The van der Waals surface area contributed by atoms with Crippen LogP contribution in [0.3, 0.4) is 0 Å². The van der Waals surface area contributed by atoms with Crippen molar-refractivity contribution in [3.05, 3.63) is 0 Å². The summed E-state index contributed by atoms with van der Waals surface area (Å²) < 4.78 is 11.8. The van der Waals surface area contributed by atoms with Crippen LogP contribution in [0.1, 0.15) is 0 Å². The van der Waals surface area contributed by atoms with Crippen LogP contribution in [0.2, 0.25) is 0 Å². The van der Waals surface area contributed by atoms with Crippen LogP contribution in [0.5, 0.6) is 0 Å². The average molecular weight is 156 g/mol. The van der Waals surface area contributed by atoms with E-state index in [1.54, 1.807) is 0 Å². The molecule has 1 saturated heterocycles. The predicted octanol–water partition coefficient (Wildman–Crippen LogP) is 0.0933. The lowest BCUT2D eigenvalue weighted by Crippen LogP contribution is -2.09. The second-order valence-corrected chi connectivity index (χ2v) is 5.45. The summed E-state index contributed by atoms with van der Waals surface area (Å²) in [5.41, 5.74) is 0. The maximum absolute atomic E-state index is 10.4. The zero-order valence-electron chi connectivity index (χ0n) is 3.36. The van der Waals surface area contributed by atoms with Gasteiger partial charge in [0.1, 0.15) is 9.83 Å². The topological polar surface area (TPSA) is 46.3 Å². The molecular weight excluding hydrogens is 152 g/mol. The first-order valence-corrected chi connectivity index (χ1v) is 5.09. The van der Waals surface area contributed by atoms with Gasteiger partial charge in [0.15, 0.2) is 0 Å². The third kappa shape index (κ3) is 1.61. The third-order valence-corrected chi connectivity index (χ3v) is 4.86. The van der Waals surface area contributed by atoms with Gasteiger partial charge in [-0.3, -0.25) is 0 Å². The Hall–Kier alpha value is 0.770. The van der Waals surface area contributed by atoms with E-state index in [1.807, 2.05) is 0 Å². The first kappa shape index (κ1) is 5.90. The van der Waals surface area contributed by atoms with Gasteiger partial charge in [-0.15, -0.1) is 3.82 Å². The minimum atomic E-state index is -0.772. The van der Waals surface area contributed by atoms with Crippen molar-refractivity contribution in [1.29, 1.82) is 0 Å². The lowest BCUT2D eigenvalue weighted by Gasteiger charge is -1.95. The first-order valence-electron chi connectivity index (χ1n) is 1.53. The van der Waals surface area contributed by atoms with Crippen molar-refractivity contribution >= 4 is 32.8 Å². The molecule has 2 N–H and O–H groups in total. The van der Waals surface area contributed by atoms with Gasteiger partial charge in [0.2, 0.25) is 0 Å². The standard InChI is InChI=1S/CH4N2OS3/c2-3-5-1-7(4)6-3/h1-2H2. The first-order chi connectivity index (χ1) is 3.29. The molecule has 0 saturated carbocycles. The molecule has 6 heteroatoms. The van der Waals surface area contributed by atoms with Crippen LogP contribution in [0, 0.1) is 0 Å². The van der Waals surface area contributed by atoms with Gasteiger partial charge in [0.25, 0.3) is 0 Å². The van der Waals surface area contributed by atoms with Gasteiger partial charge in [0.05, 0.1) is 16.1 Å². The molecule has 1 heterocycles. The minimum absolute atomic E-state index is 0.626. The van der Waals surface area contributed by atoms with Crippen molar-refractivity contribution < 1.29 is 4.21 Å². The van der Waals surface area contributed by atoms with Gasteiger partial charge in [0, 0.05) is 0 Å². The Kier molecular flexibility index (Phi) is 1.99. The molecule has 0 spiro atoms. The van der Waals surface area contributed by atoms with Gasteiger partial charge in [-0.25, -0.2) is 10.1 Å². The quantitative estimate of drug-likeness (QED) is 0.306. The highest BCUT2D eigenvalue weighted by atomic mass is 33.1. The summed E-state index contributed by atoms with van der Waals surface area (Å²) in [6.07, 6.45) is 0. The molecule has 1 rings (SSSR count). The summed E-state index contributed by atoms with van der Waals surface area (Å²) in [6, 6.07) is 0. The normalized spacial score (nSPS) is 34.1. The molecule has 42 valence electrons. The van der Waals surface area contributed by atoms with E-state index in [9.17, 15) is 4.21 Å². The highest BCUT2D eigenvalue weighted by Gasteiger charge is 2.16. The summed E-state index contributed by atoms with van der Waals surface area (Å²) in [6.45, 7) is 0. The van der Waals surface area contributed by atoms with Crippen molar-refractivity contribution in [3.8, 4) is 0 Å². The Morgan fingerprint density at radius 1 is 1.86 bits per heavy atom. The van der Waals surface area contributed by atoms with Crippen LogP contribution in [0.25, 0.3) is 0 Å². The zero-order chi connectivity index (χ0) is 5.28. The minimum Gasteiger partial charge on any atom is -0.248 e. The molecule has 0 amide bonds. The van der Waals surface area contributed by atoms with Gasteiger partial charge in [-0.2, -0.15) is 0 Å². The van der Waals surface area contributed by atoms with E-state index in [0.29, 0.717) is 5.08 Å². The van der Waals surface area contributed by atoms with Gasteiger partial charge < -0.3 is 0 Å². The molecule has 1 fully saturated rings. The molecule has 1 unspecified atom stereocenters. The van der Waals surface area contributed by atoms with Crippen molar-refractivity contribution in [2.75, 3.05) is 5.08 Å². The van der Waals surface area contributed by atoms with Crippen LogP contribution in [-0.2, 0) is 9.83 Å². The van der Waals surface area contributed by atoms with Crippen LogP contribution < -0.4 is 5.84 Å². The number of hydrogen-bond acceptors (Lipinski definition) is 5. The van der Waals surface area contributed by atoms with Gasteiger partial charge in [-0.05, 0) is 11.9 Å². The van der Waals surface area contributed by atoms with Crippen molar-refractivity contribution in [3.63, 3.8) is 0 Å². The number of hydrazine groups is 1. The van der Waals surface area contributed by atoms with Crippen molar-refractivity contribution in [1.82, 2.24) is 3.82 Å². The smallest absolute Gasteiger partial charge is 0.109 e. The summed E-state index contributed by atoms with van der Waals surface area (Å²) in [4.78, 5) is 0. The average Bonchev–Trinajstić information content (AvgIpc) is 1.87. The molecule has 1 atom stereocenters. The molecule has 1 aliphatic heterocycles. The fourth-order valence-corrected chi connectivity index (χ4v) is 4.14. The summed E-state index contributed by atoms with van der Waals surface area (Å²) in [7, 11) is 0.394. The van der Waals surface area contributed by atoms with E-state index in [2.05, 4.69) is 0 Å². The monoisotopic (exact) mass is 156 g/mol. The van der Waals surface area contributed by atoms with E-state index in [-0.39, 0.29) is 0 Å². The molecule has 0 aromatic heterocycles. The lowest BCUT2D eigenvalue weighted by atomic mass is 11.9. The molecule has 1 aliphatic rings. The number of hydrogen-bond donors (Lipinski definition) is 1. The Balaban J connectivity index is 2.40. The van der Waals surface area contributed by atoms with Crippen molar-refractivity contribution in [2.45, 2.75) is 0 Å². The Morgan fingerprint density at radius 3 is 2.71 bits per heavy atom. The highest BCUT2D eigenvalue weighted by molar-refractivity contribution is 8.73. The summed E-state index contributed by atoms with van der Waals surface area (Å²) in [5.74, 6) is 5.19. The fraction of sp³-hybridized carbons (Fsp3) is 1.00. The molecular formula is CH4N2OS3. The molecule has 0 radical (unpaired) electrons. The van der Waals surface area contributed by atoms with Gasteiger partial charge in [-0.1, -0.05) is 0 Å². The summed E-state index contributed by atoms with van der Waals surface area (Å²) >= 11 is 1.38. The van der Waals surface area contributed by atoms with E-state index in [4.69, 9.17) is 5.84 Å². The maximum Gasteiger partial charge on any atom is 0.109 e. The second kappa shape index (κ2) is 2.36. The SMILES string of the molecule is NN1SCS(=O)S1. The zero-order valence-corrected chi connectivity index (χ0v) is 5.81. The maximum atomic E-state index is 10.4. The molecule has 0 aliphatic carbocycles. The van der Waals surface area contributed by atoms with Crippen LogP contribution in [0.15, 0.2) is 0 Å². The molecule has 0 bridgehead atoms. The predicted molar refractivity (Wildman–Crippen MR) is 34.2 cm³/mol. The van der Waals surface area contributed by atoms with Crippen molar-refractivity contribution in [2.24, 2.45) is 5.84 Å². The molecule has 3 nitrogen and oxygen atoms in total. The fourth-order valence-electron chi connectivity index (χ4n) is 0.220. The lowest BCUT2D eigenvalue weighted by molar-refractivity contribution is 0.694.